The van der Waals surface area contributed by atoms with Gasteiger partial charge in [0, 0.05) is 18.2 Å². The van der Waals surface area contributed by atoms with Gasteiger partial charge in [-0.05, 0) is 13.3 Å². The number of hydrogen-bond acceptors (Lipinski definition) is 3. The lowest BCUT2D eigenvalue weighted by atomic mass is 10.2. The van der Waals surface area contributed by atoms with Crippen LogP contribution in [0.15, 0.2) is 21.7 Å². The SMILES string of the molecule is CCC[C@H](C)NC(=O)Cn1[nH]c(=O)ccc1=O. The highest BCUT2D eigenvalue weighted by Gasteiger charge is 2.08. The highest BCUT2D eigenvalue weighted by atomic mass is 16.2. The van der Waals surface area contributed by atoms with Crippen LogP contribution >= 0.6 is 0 Å². The van der Waals surface area contributed by atoms with E-state index >= 15 is 0 Å². The minimum absolute atomic E-state index is 0.0682. The quantitative estimate of drug-likeness (QED) is 0.749. The molecule has 1 heterocycles. The van der Waals surface area contributed by atoms with Gasteiger partial charge in [-0.25, -0.2) is 4.68 Å². The Balaban J connectivity index is 2.65. The topological polar surface area (TPSA) is 84.0 Å². The number of amides is 1. The Bertz CT molecular complexity index is 489. The van der Waals surface area contributed by atoms with Crippen LogP contribution in [-0.4, -0.2) is 21.7 Å². The van der Waals surface area contributed by atoms with E-state index in [9.17, 15) is 14.4 Å². The minimum atomic E-state index is -0.404. The van der Waals surface area contributed by atoms with E-state index in [1.165, 1.54) is 0 Å². The van der Waals surface area contributed by atoms with Crippen LogP contribution in [0.2, 0.25) is 0 Å². The Morgan fingerprint density at radius 3 is 2.82 bits per heavy atom. The lowest BCUT2D eigenvalue weighted by Crippen LogP contribution is -2.39. The Morgan fingerprint density at radius 2 is 2.18 bits per heavy atom. The fourth-order valence-corrected chi connectivity index (χ4v) is 1.55. The van der Waals surface area contributed by atoms with E-state index in [0.717, 1.165) is 29.7 Å². The van der Waals surface area contributed by atoms with Crippen molar-refractivity contribution in [2.45, 2.75) is 39.3 Å². The Hall–Kier alpha value is -1.85. The van der Waals surface area contributed by atoms with E-state index in [1.807, 2.05) is 13.8 Å². The molecule has 2 N–H and O–H groups in total. The second-order valence-corrected chi connectivity index (χ2v) is 3.99. The third kappa shape index (κ3) is 4.26. The third-order valence-electron chi connectivity index (χ3n) is 2.32. The van der Waals surface area contributed by atoms with Gasteiger partial charge in [-0.15, -0.1) is 0 Å². The third-order valence-corrected chi connectivity index (χ3v) is 2.32. The second-order valence-electron chi connectivity index (χ2n) is 3.99. The minimum Gasteiger partial charge on any atom is -0.352 e. The molecule has 0 aliphatic carbocycles. The van der Waals surface area contributed by atoms with E-state index in [1.54, 1.807) is 0 Å². The lowest BCUT2D eigenvalue weighted by molar-refractivity contribution is -0.122. The Morgan fingerprint density at radius 1 is 1.47 bits per heavy atom. The van der Waals surface area contributed by atoms with E-state index in [2.05, 4.69) is 10.4 Å². The smallest absolute Gasteiger partial charge is 0.265 e. The Labute approximate surface area is 98.6 Å². The molecule has 1 aromatic rings. The molecule has 1 amide bonds. The molecule has 6 nitrogen and oxygen atoms in total. The molecule has 0 fully saturated rings. The van der Waals surface area contributed by atoms with Crippen molar-refractivity contribution in [1.29, 1.82) is 0 Å². The molecule has 6 heteroatoms. The number of aromatic amines is 1. The summed E-state index contributed by atoms with van der Waals surface area (Å²) in [6.07, 6.45) is 1.86. The number of nitrogens with one attached hydrogen (secondary N) is 2. The van der Waals surface area contributed by atoms with Crippen molar-refractivity contribution in [1.82, 2.24) is 15.1 Å². The molecule has 0 radical (unpaired) electrons. The van der Waals surface area contributed by atoms with Crippen LogP contribution in [0, 0.1) is 0 Å². The summed E-state index contributed by atoms with van der Waals surface area (Å²) in [6, 6.07) is 2.34. The molecule has 1 rings (SSSR count). The summed E-state index contributed by atoms with van der Waals surface area (Å²) in [4.78, 5) is 33.9. The van der Waals surface area contributed by atoms with Crippen LogP contribution < -0.4 is 16.4 Å². The van der Waals surface area contributed by atoms with Crippen LogP contribution in [0.5, 0.6) is 0 Å². The zero-order valence-corrected chi connectivity index (χ0v) is 10.0. The maximum atomic E-state index is 11.6. The molecule has 0 saturated heterocycles. The monoisotopic (exact) mass is 239 g/mol. The van der Waals surface area contributed by atoms with Crippen LogP contribution in [0.1, 0.15) is 26.7 Å². The normalized spacial score (nSPS) is 12.1. The van der Waals surface area contributed by atoms with Crippen LogP contribution in [0.3, 0.4) is 0 Å². The maximum Gasteiger partial charge on any atom is 0.265 e. The summed E-state index contributed by atoms with van der Waals surface area (Å²) in [6.45, 7) is 3.77. The van der Waals surface area contributed by atoms with Gasteiger partial charge < -0.3 is 5.32 Å². The van der Waals surface area contributed by atoms with Crippen LogP contribution in [0.25, 0.3) is 0 Å². The van der Waals surface area contributed by atoms with Gasteiger partial charge in [0.2, 0.25) is 5.91 Å². The molecule has 0 unspecified atom stereocenters. The van der Waals surface area contributed by atoms with Gasteiger partial charge in [0.15, 0.2) is 0 Å². The summed E-state index contributed by atoms with van der Waals surface area (Å²) < 4.78 is 0.996. The predicted molar refractivity (Wildman–Crippen MR) is 63.8 cm³/mol. The molecule has 17 heavy (non-hydrogen) atoms. The number of nitrogens with zero attached hydrogens (tertiary/aromatic N) is 1. The van der Waals surface area contributed by atoms with E-state index in [0.29, 0.717) is 0 Å². The van der Waals surface area contributed by atoms with Gasteiger partial charge in [0.05, 0.1) is 0 Å². The number of aromatic nitrogens is 2. The van der Waals surface area contributed by atoms with Crippen molar-refractivity contribution in [2.75, 3.05) is 0 Å². The zero-order valence-electron chi connectivity index (χ0n) is 10.0. The van der Waals surface area contributed by atoms with Crippen LogP contribution in [-0.2, 0) is 11.3 Å². The van der Waals surface area contributed by atoms with Gasteiger partial charge in [-0.3, -0.25) is 19.5 Å². The summed E-state index contributed by atoms with van der Waals surface area (Å²) in [7, 11) is 0. The first-order valence-electron chi connectivity index (χ1n) is 5.62. The van der Waals surface area contributed by atoms with E-state index in [4.69, 9.17) is 0 Å². The first-order valence-corrected chi connectivity index (χ1v) is 5.62. The van der Waals surface area contributed by atoms with Gasteiger partial charge in [-0.1, -0.05) is 13.3 Å². The molecule has 0 spiro atoms. The molecule has 0 aliphatic rings. The standard InChI is InChI=1S/C11H17N3O3/c1-3-4-8(2)12-10(16)7-14-11(17)6-5-9(15)13-14/h5-6,8H,3-4,7H2,1-2H3,(H,12,16)(H,13,15)/t8-/m0/s1. The van der Waals surface area contributed by atoms with Gasteiger partial charge in [-0.2, -0.15) is 0 Å². The molecule has 1 atom stereocenters. The van der Waals surface area contributed by atoms with E-state index < -0.39 is 11.1 Å². The van der Waals surface area contributed by atoms with Gasteiger partial charge in [0.25, 0.3) is 11.1 Å². The number of carbonyl (C=O) groups excluding carboxylic acids is 1. The van der Waals surface area contributed by atoms with Crippen molar-refractivity contribution in [3.05, 3.63) is 32.8 Å². The summed E-state index contributed by atoms with van der Waals surface area (Å²) in [5.74, 6) is -0.282. The highest BCUT2D eigenvalue weighted by Crippen LogP contribution is 1.94. The Kier molecular flexibility index (Phi) is 4.68. The molecule has 1 aromatic heterocycles. The lowest BCUT2D eigenvalue weighted by Gasteiger charge is -2.13. The summed E-state index contributed by atoms with van der Waals surface area (Å²) in [5, 5.41) is 5.05. The van der Waals surface area contributed by atoms with Crippen molar-refractivity contribution in [3.8, 4) is 0 Å². The number of rotatable bonds is 5. The summed E-state index contributed by atoms with van der Waals surface area (Å²) in [5.41, 5.74) is -0.804. The first-order chi connectivity index (χ1) is 8.02. The zero-order chi connectivity index (χ0) is 12.8. The largest absolute Gasteiger partial charge is 0.352 e. The molecule has 0 aliphatic heterocycles. The first kappa shape index (κ1) is 13.2. The van der Waals surface area contributed by atoms with Crippen LogP contribution in [0.4, 0.5) is 0 Å². The van der Waals surface area contributed by atoms with Gasteiger partial charge in [0.1, 0.15) is 6.54 Å². The predicted octanol–water partition coefficient (Wildman–Crippen LogP) is -0.159. The molecule has 0 saturated carbocycles. The van der Waals surface area contributed by atoms with Crippen molar-refractivity contribution in [2.24, 2.45) is 0 Å². The second kappa shape index (κ2) is 6.03. The average molecular weight is 239 g/mol. The molecular weight excluding hydrogens is 222 g/mol. The number of carbonyl (C=O) groups is 1. The fourth-order valence-electron chi connectivity index (χ4n) is 1.55. The highest BCUT2D eigenvalue weighted by molar-refractivity contribution is 5.75. The maximum absolute atomic E-state index is 11.6. The molecule has 0 bridgehead atoms. The van der Waals surface area contributed by atoms with Crippen molar-refractivity contribution >= 4 is 5.91 Å². The van der Waals surface area contributed by atoms with Crippen molar-refractivity contribution < 1.29 is 4.79 Å². The molecule has 0 aromatic carbocycles. The van der Waals surface area contributed by atoms with Crippen molar-refractivity contribution in [3.63, 3.8) is 0 Å². The molecule has 94 valence electrons. The number of hydrogen-bond donors (Lipinski definition) is 2. The number of H-pyrrole nitrogens is 1. The van der Waals surface area contributed by atoms with Gasteiger partial charge >= 0.3 is 0 Å². The fraction of sp³-hybridized carbons (Fsp3) is 0.545. The summed E-state index contributed by atoms with van der Waals surface area (Å²) >= 11 is 0. The average Bonchev–Trinajstić information content (AvgIpc) is 2.23. The van der Waals surface area contributed by atoms with E-state index in [-0.39, 0.29) is 18.5 Å². The molecular formula is C11H17N3O3.